The van der Waals surface area contributed by atoms with Crippen LogP contribution in [0.25, 0.3) is 0 Å². The van der Waals surface area contributed by atoms with Crippen LogP contribution in [0.4, 0.5) is 0 Å². The van der Waals surface area contributed by atoms with Gasteiger partial charge in [-0.3, -0.25) is 33.6 Å². The Labute approximate surface area is 569 Å². The first kappa shape index (κ1) is 87.7. The number of hydrogen-bond acceptors (Lipinski definition) is 16. The molecule has 2 amide bonds. The zero-order chi connectivity index (χ0) is 69.1. The predicted molar refractivity (Wildman–Crippen MR) is 369 cm³/mol. The highest BCUT2D eigenvalue weighted by molar-refractivity contribution is 5.84. The van der Waals surface area contributed by atoms with E-state index in [9.17, 15) is 48.6 Å². The minimum Gasteiger partial charge on any atom is -0.480 e. The van der Waals surface area contributed by atoms with Crippen LogP contribution < -0.4 is 10.6 Å². The lowest BCUT2D eigenvalue weighted by atomic mass is 9.94. The maximum Gasteiger partial charge on any atom is 0.328 e. The average Bonchev–Trinajstić information content (AvgIpc) is 0.824. The molecular formula is C75H136N2O17. The second-order valence-electron chi connectivity index (χ2n) is 26.8. The predicted octanol–water partition coefficient (Wildman–Crippen LogP) is 16.6. The topological polar surface area (TPSA) is 266 Å². The van der Waals surface area contributed by atoms with Crippen LogP contribution in [0.3, 0.4) is 0 Å². The second-order valence-corrected chi connectivity index (χ2v) is 26.8. The molecule has 1 heterocycles. The molecule has 0 radical (unpaired) electrons. The maximum absolute atomic E-state index is 14.3. The van der Waals surface area contributed by atoms with Crippen molar-refractivity contribution >= 4 is 48.1 Å². The van der Waals surface area contributed by atoms with Gasteiger partial charge in [0.05, 0.1) is 39.0 Å². The normalized spacial score (nSPS) is 17.5. The van der Waals surface area contributed by atoms with Gasteiger partial charge in [0.2, 0.25) is 11.8 Å². The van der Waals surface area contributed by atoms with Crippen molar-refractivity contribution in [2.45, 2.75) is 411 Å². The Morgan fingerprint density at radius 3 is 1.18 bits per heavy atom. The summed E-state index contributed by atoms with van der Waals surface area (Å²) in [5.41, 5.74) is 0. The molecule has 0 aromatic rings. The Morgan fingerprint density at radius 1 is 0.468 bits per heavy atom. The Morgan fingerprint density at radius 2 is 0.809 bits per heavy atom. The summed E-state index contributed by atoms with van der Waals surface area (Å²) < 4.78 is 42.3. The summed E-state index contributed by atoms with van der Waals surface area (Å²) in [5, 5.41) is 27.0. The average molecular weight is 1340 g/mol. The van der Waals surface area contributed by atoms with Gasteiger partial charge >= 0.3 is 29.8 Å². The van der Waals surface area contributed by atoms with Gasteiger partial charge in [-0.25, -0.2) is 4.79 Å². The molecule has 0 aromatic heterocycles. The van der Waals surface area contributed by atoms with Crippen molar-refractivity contribution in [3.63, 3.8) is 0 Å². The molecule has 8 atom stereocenters. The third-order valence-corrected chi connectivity index (χ3v) is 17.9. The van der Waals surface area contributed by atoms with Crippen LogP contribution in [-0.2, 0) is 71.5 Å². The van der Waals surface area contributed by atoms with Crippen molar-refractivity contribution in [3.8, 4) is 0 Å². The summed E-state index contributed by atoms with van der Waals surface area (Å²) in [4.78, 5) is 107. The number of unbranched alkanes of at least 4 members (excludes halogenated alkanes) is 34. The Hall–Kier alpha value is -4.36. The van der Waals surface area contributed by atoms with Gasteiger partial charge in [0.25, 0.3) is 6.47 Å². The standard InChI is InChI=1S/C75H136N2O17/c1-7-13-19-23-27-30-34-37-43-47-61(90-69(82)50-41-17-11-5)53-67(80)76-59-75(89-58-64(74(86)87)77-68(81)54-62(48-44-38-35-31-28-24-20-14-8-2)91-71(84)52-46-40-33-26-22-16-10-4)56-65(73(88-60-79)66(57-78)94-75)93-72(85)55-63(92-70(83)51-42-18-12-6)49-45-39-36-32-29-25-21-15-9-3/h60-66,73,78H,7-59H2,1-6H3,(H,76,80)(H,77,81)(H,86,87). The molecule has 1 aliphatic rings. The fourth-order valence-corrected chi connectivity index (χ4v) is 12.2. The summed E-state index contributed by atoms with van der Waals surface area (Å²) in [6.07, 6.45) is 34.4. The van der Waals surface area contributed by atoms with Crippen molar-refractivity contribution in [2.75, 3.05) is 19.8 Å². The number of amides is 2. The highest BCUT2D eigenvalue weighted by Crippen LogP contribution is 2.35. The van der Waals surface area contributed by atoms with Crippen molar-refractivity contribution in [1.82, 2.24) is 10.6 Å². The van der Waals surface area contributed by atoms with E-state index in [0.29, 0.717) is 51.4 Å². The molecule has 0 spiro atoms. The third kappa shape index (κ3) is 46.7. The van der Waals surface area contributed by atoms with E-state index in [1.54, 1.807) is 0 Å². The van der Waals surface area contributed by atoms with E-state index in [2.05, 4.69) is 38.3 Å². The van der Waals surface area contributed by atoms with Gasteiger partial charge in [0, 0.05) is 25.7 Å². The third-order valence-electron chi connectivity index (χ3n) is 17.9. The number of aliphatic hydroxyl groups excluding tert-OH is 1. The molecule has 1 saturated heterocycles. The van der Waals surface area contributed by atoms with E-state index in [1.165, 1.54) is 83.5 Å². The van der Waals surface area contributed by atoms with Crippen LogP contribution in [-0.4, -0.2) is 127 Å². The van der Waals surface area contributed by atoms with Crippen LogP contribution in [0.15, 0.2) is 0 Å². The van der Waals surface area contributed by atoms with E-state index in [4.69, 9.17) is 33.2 Å². The minimum atomic E-state index is -2.12. The van der Waals surface area contributed by atoms with Crippen molar-refractivity contribution in [3.05, 3.63) is 0 Å². The number of carboxylic acids is 1. The number of rotatable bonds is 66. The summed E-state index contributed by atoms with van der Waals surface area (Å²) in [7, 11) is 0. The summed E-state index contributed by atoms with van der Waals surface area (Å²) >= 11 is 0. The SMILES string of the molecule is CCCCCCCCCCCC(CC(=O)NCC1(OCC(NC(=O)CC(CCCCCCCCCCC)OC(=O)CCCCCCCCC)C(=O)O)CC(OC(=O)CC(CCCCCCCCCCC)OC(=O)CCCCC)C(OC=O)C(CO)O1)OC(=O)CCCCC. The Bertz CT molecular complexity index is 1940. The van der Waals surface area contributed by atoms with Gasteiger partial charge in [-0.2, -0.15) is 0 Å². The molecule has 0 saturated carbocycles. The highest BCUT2D eigenvalue weighted by atomic mass is 16.7. The molecule has 0 aromatic carbocycles. The van der Waals surface area contributed by atoms with E-state index >= 15 is 0 Å². The first-order valence-electron chi connectivity index (χ1n) is 38.2. The van der Waals surface area contributed by atoms with Crippen molar-refractivity contribution in [1.29, 1.82) is 0 Å². The Balaban J connectivity index is 3.66. The maximum atomic E-state index is 14.3. The lowest BCUT2D eigenvalue weighted by Crippen LogP contribution is -2.63. The highest BCUT2D eigenvalue weighted by Gasteiger charge is 2.52. The molecule has 94 heavy (non-hydrogen) atoms. The number of aliphatic hydroxyl groups is 1. The smallest absolute Gasteiger partial charge is 0.328 e. The van der Waals surface area contributed by atoms with E-state index in [1.807, 2.05) is 13.8 Å². The number of nitrogens with one attached hydrogen (secondary N) is 2. The summed E-state index contributed by atoms with van der Waals surface area (Å²) in [5.74, 6) is -6.97. The molecule has 1 aliphatic heterocycles. The van der Waals surface area contributed by atoms with Gasteiger partial charge in [-0.15, -0.1) is 0 Å². The molecule has 1 fully saturated rings. The first-order chi connectivity index (χ1) is 45.6. The van der Waals surface area contributed by atoms with Gasteiger partial charge in [0.15, 0.2) is 17.9 Å². The molecule has 0 aliphatic carbocycles. The fraction of sp³-hybridized carbons (Fsp3) is 0.893. The first-order valence-corrected chi connectivity index (χ1v) is 38.2. The minimum absolute atomic E-state index is 0.126. The van der Waals surface area contributed by atoms with Crippen molar-refractivity contribution in [2.24, 2.45) is 0 Å². The molecule has 0 bridgehead atoms. The van der Waals surface area contributed by atoms with Crippen LogP contribution in [0.5, 0.6) is 0 Å². The van der Waals surface area contributed by atoms with Crippen LogP contribution >= 0.6 is 0 Å². The fourth-order valence-electron chi connectivity index (χ4n) is 12.2. The number of carboxylic acid groups (broad SMARTS) is 1. The van der Waals surface area contributed by atoms with E-state index in [0.717, 1.165) is 141 Å². The summed E-state index contributed by atoms with van der Waals surface area (Å²) in [6.45, 7) is 10.8. The number of hydrogen-bond donors (Lipinski definition) is 4. The quantitative estimate of drug-likeness (QED) is 0.0191. The zero-order valence-corrected chi connectivity index (χ0v) is 60.1. The lowest BCUT2D eigenvalue weighted by Gasteiger charge is -2.46. The second kappa shape index (κ2) is 59.9. The largest absolute Gasteiger partial charge is 0.480 e. The molecule has 19 nitrogen and oxygen atoms in total. The zero-order valence-electron chi connectivity index (χ0n) is 60.1. The molecule has 19 heteroatoms. The van der Waals surface area contributed by atoms with Gasteiger partial charge in [-0.05, 0) is 57.8 Å². The monoisotopic (exact) mass is 1340 g/mol. The number of aliphatic carboxylic acids is 1. The summed E-state index contributed by atoms with van der Waals surface area (Å²) in [6, 6.07) is -1.74. The Kier molecular flexibility index (Phi) is 55.8. The number of carbonyl (C=O) groups is 8. The van der Waals surface area contributed by atoms with Gasteiger partial charge in [-0.1, -0.05) is 260 Å². The van der Waals surface area contributed by atoms with Crippen LogP contribution in [0.2, 0.25) is 0 Å². The molecule has 8 unspecified atom stereocenters. The molecule has 4 N–H and O–H groups in total. The van der Waals surface area contributed by atoms with Gasteiger partial charge < -0.3 is 54.0 Å². The van der Waals surface area contributed by atoms with Crippen LogP contribution in [0, 0.1) is 0 Å². The number of carbonyl (C=O) groups excluding carboxylic acids is 7. The van der Waals surface area contributed by atoms with Crippen LogP contribution in [0.1, 0.15) is 363 Å². The van der Waals surface area contributed by atoms with Gasteiger partial charge in [0.1, 0.15) is 30.5 Å². The molecule has 1 rings (SSSR count). The molecular weight excluding hydrogens is 1200 g/mol. The van der Waals surface area contributed by atoms with Crippen molar-refractivity contribution < 1.29 is 81.7 Å². The molecule has 548 valence electrons. The van der Waals surface area contributed by atoms with E-state index < -0.39 is 116 Å². The lowest BCUT2D eigenvalue weighted by molar-refractivity contribution is -0.322. The number of esters is 4. The number of ether oxygens (including phenoxy) is 7. The van der Waals surface area contributed by atoms with E-state index in [-0.39, 0.29) is 45.0 Å².